The van der Waals surface area contributed by atoms with Crippen LogP contribution in [0.5, 0.6) is 0 Å². The van der Waals surface area contributed by atoms with Gasteiger partial charge in [0.25, 0.3) is 0 Å². The third-order valence-electron chi connectivity index (χ3n) is 5.30. The molecule has 0 saturated heterocycles. The molecule has 4 nitrogen and oxygen atoms in total. The molecule has 0 aliphatic carbocycles. The van der Waals surface area contributed by atoms with Crippen molar-refractivity contribution in [1.82, 2.24) is 9.47 Å². The average molecular weight is 347 g/mol. The number of urea groups is 1. The Labute approximate surface area is 154 Å². The molecule has 3 aromatic rings. The van der Waals surface area contributed by atoms with Crippen LogP contribution >= 0.6 is 0 Å². The zero-order valence-corrected chi connectivity index (χ0v) is 15.5. The maximum atomic E-state index is 12.8. The maximum Gasteiger partial charge on any atom is 0.322 e. The van der Waals surface area contributed by atoms with E-state index in [1.165, 1.54) is 27.6 Å². The van der Waals surface area contributed by atoms with E-state index in [-0.39, 0.29) is 6.03 Å². The zero-order valence-electron chi connectivity index (χ0n) is 15.5. The molecular weight excluding hydrogens is 322 g/mol. The number of anilines is 1. The largest absolute Gasteiger partial charge is 0.347 e. The number of rotatable bonds is 3. The smallest absolute Gasteiger partial charge is 0.322 e. The maximum absolute atomic E-state index is 12.8. The van der Waals surface area contributed by atoms with Gasteiger partial charge in [0, 0.05) is 42.4 Å². The summed E-state index contributed by atoms with van der Waals surface area (Å²) in [5.74, 6) is 0. The number of carbonyl (C=O) groups excluding carboxylic acids is 1. The first kappa shape index (κ1) is 16.7. The predicted octanol–water partition coefficient (Wildman–Crippen LogP) is 4.81. The molecule has 2 heterocycles. The van der Waals surface area contributed by atoms with Gasteiger partial charge in [-0.3, -0.25) is 0 Å². The first-order chi connectivity index (χ1) is 12.7. The summed E-state index contributed by atoms with van der Waals surface area (Å²) >= 11 is 0. The Morgan fingerprint density at radius 3 is 2.77 bits per heavy atom. The Balaban J connectivity index is 1.59. The highest BCUT2D eigenvalue weighted by Gasteiger charge is 2.22. The molecule has 4 heteroatoms. The van der Waals surface area contributed by atoms with Crippen LogP contribution in [0.3, 0.4) is 0 Å². The minimum absolute atomic E-state index is 0.0243. The van der Waals surface area contributed by atoms with Gasteiger partial charge in [-0.15, -0.1) is 0 Å². The minimum Gasteiger partial charge on any atom is -0.347 e. The van der Waals surface area contributed by atoms with Crippen molar-refractivity contribution in [3.05, 3.63) is 65.4 Å². The molecule has 0 spiro atoms. The van der Waals surface area contributed by atoms with Gasteiger partial charge in [-0.25, -0.2) is 4.79 Å². The number of nitrogens with zero attached hydrogens (tertiary/aromatic N) is 2. The highest BCUT2D eigenvalue weighted by Crippen LogP contribution is 2.29. The quantitative estimate of drug-likeness (QED) is 0.725. The number of aromatic nitrogens is 1. The van der Waals surface area contributed by atoms with Gasteiger partial charge in [0.1, 0.15) is 0 Å². The van der Waals surface area contributed by atoms with Gasteiger partial charge in [-0.05, 0) is 54.7 Å². The van der Waals surface area contributed by atoms with E-state index in [1.54, 1.807) is 0 Å². The van der Waals surface area contributed by atoms with E-state index in [2.05, 4.69) is 60.3 Å². The third-order valence-corrected chi connectivity index (χ3v) is 5.30. The second-order valence-corrected chi connectivity index (χ2v) is 6.91. The van der Waals surface area contributed by atoms with Crippen LogP contribution < -0.4 is 5.32 Å². The SMILES string of the molecule is CCc1cccc(NC(=O)N2CCc3cn(CC)c4cccc(c34)C2)c1. The first-order valence-corrected chi connectivity index (χ1v) is 9.44. The van der Waals surface area contributed by atoms with Crippen molar-refractivity contribution in [3.63, 3.8) is 0 Å². The summed E-state index contributed by atoms with van der Waals surface area (Å²) in [6.45, 7) is 6.65. The van der Waals surface area contributed by atoms with E-state index in [0.29, 0.717) is 6.54 Å². The van der Waals surface area contributed by atoms with Crippen molar-refractivity contribution in [3.8, 4) is 0 Å². The minimum atomic E-state index is -0.0243. The van der Waals surface area contributed by atoms with Crippen molar-refractivity contribution in [1.29, 1.82) is 0 Å². The van der Waals surface area contributed by atoms with E-state index >= 15 is 0 Å². The Morgan fingerprint density at radius 1 is 1.12 bits per heavy atom. The van der Waals surface area contributed by atoms with Gasteiger partial charge in [0.15, 0.2) is 0 Å². The van der Waals surface area contributed by atoms with Crippen LogP contribution in [0.1, 0.15) is 30.5 Å². The number of benzene rings is 2. The van der Waals surface area contributed by atoms with Crippen LogP contribution in [0, 0.1) is 0 Å². The molecule has 1 N–H and O–H groups in total. The Hall–Kier alpha value is -2.75. The van der Waals surface area contributed by atoms with Gasteiger partial charge < -0.3 is 14.8 Å². The molecule has 134 valence electrons. The van der Waals surface area contributed by atoms with Crippen LogP contribution in [-0.4, -0.2) is 22.0 Å². The van der Waals surface area contributed by atoms with Crippen molar-refractivity contribution < 1.29 is 4.79 Å². The van der Waals surface area contributed by atoms with E-state index in [4.69, 9.17) is 0 Å². The Kier molecular flexibility index (Phi) is 4.41. The topological polar surface area (TPSA) is 37.3 Å². The molecule has 1 aliphatic rings. The standard InChI is InChI=1S/C22H25N3O/c1-3-16-7-5-9-19(13-16)23-22(26)25-12-11-18-14-24(4-2)20-10-6-8-17(15-25)21(18)20/h5-10,13-14H,3-4,11-12,15H2,1-2H3,(H,23,26). The summed E-state index contributed by atoms with van der Waals surface area (Å²) in [6, 6.07) is 14.5. The molecule has 1 aromatic heterocycles. The number of nitrogens with one attached hydrogen (secondary N) is 1. The molecule has 26 heavy (non-hydrogen) atoms. The second kappa shape index (κ2) is 6.87. The van der Waals surface area contributed by atoms with Crippen molar-refractivity contribution in [2.75, 3.05) is 11.9 Å². The lowest BCUT2D eigenvalue weighted by atomic mass is 10.1. The number of hydrogen-bond donors (Lipinski definition) is 1. The monoisotopic (exact) mass is 347 g/mol. The molecule has 1 aliphatic heterocycles. The lowest BCUT2D eigenvalue weighted by Gasteiger charge is -2.22. The lowest BCUT2D eigenvalue weighted by molar-refractivity contribution is 0.210. The van der Waals surface area contributed by atoms with E-state index in [0.717, 1.165) is 31.6 Å². The van der Waals surface area contributed by atoms with Crippen molar-refractivity contribution in [2.45, 2.75) is 39.8 Å². The number of amides is 2. The average Bonchev–Trinajstić information content (AvgIpc) is 2.92. The fraction of sp³-hybridized carbons (Fsp3) is 0.318. The number of carbonyl (C=O) groups is 1. The molecule has 0 saturated carbocycles. The summed E-state index contributed by atoms with van der Waals surface area (Å²) in [5.41, 5.74) is 5.96. The number of hydrogen-bond acceptors (Lipinski definition) is 1. The summed E-state index contributed by atoms with van der Waals surface area (Å²) in [7, 11) is 0. The number of aryl methyl sites for hydroxylation is 2. The summed E-state index contributed by atoms with van der Waals surface area (Å²) in [5, 5.41) is 4.40. The third kappa shape index (κ3) is 2.96. The van der Waals surface area contributed by atoms with Crippen molar-refractivity contribution in [2.24, 2.45) is 0 Å². The van der Waals surface area contributed by atoms with Gasteiger partial charge in [-0.2, -0.15) is 0 Å². The molecule has 4 rings (SSSR count). The van der Waals surface area contributed by atoms with Crippen LogP contribution in [0.25, 0.3) is 10.9 Å². The predicted molar refractivity (Wildman–Crippen MR) is 107 cm³/mol. The molecule has 0 unspecified atom stereocenters. The molecule has 0 radical (unpaired) electrons. The normalized spacial score (nSPS) is 13.7. The fourth-order valence-electron chi connectivity index (χ4n) is 3.89. The second-order valence-electron chi connectivity index (χ2n) is 6.91. The van der Waals surface area contributed by atoms with Gasteiger partial charge >= 0.3 is 6.03 Å². The van der Waals surface area contributed by atoms with Gasteiger partial charge in [0.05, 0.1) is 0 Å². The molecule has 2 amide bonds. The first-order valence-electron chi connectivity index (χ1n) is 9.44. The van der Waals surface area contributed by atoms with E-state index in [9.17, 15) is 4.79 Å². The molecule has 2 aromatic carbocycles. The van der Waals surface area contributed by atoms with Crippen LogP contribution in [0.4, 0.5) is 10.5 Å². The summed E-state index contributed by atoms with van der Waals surface area (Å²) in [4.78, 5) is 14.8. The lowest BCUT2D eigenvalue weighted by Crippen LogP contribution is -2.35. The Morgan fingerprint density at radius 2 is 1.96 bits per heavy atom. The molecule has 0 bridgehead atoms. The zero-order chi connectivity index (χ0) is 18.1. The van der Waals surface area contributed by atoms with Gasteiger partial charge in [-0.1, -0.05) is 31.2 Å². The molecule has 0 atom stereocenters. The van der Waals surface area contributed by atoms with Crippen LogP contribution in [0.15, 0.2) is 48.7 Å². The molecule has 0 fully saturated rings. The van der Waals surface area contributed by atoms with E-state index < -0.39 is 0 Å². The fourth-order valence-corrected chi connectivity index (χ4v) is 3.89. The molecular formula is C22H25N3O. The van der Waals surface area contributed by atoms with Crippen molar-refractivity contribution >= 4 is 22.6 Å². The van der Waals surface area contributed by atoms with Crippen LogP contribution in [0.2, 0.25) is 0 Å². The summed E-state index contributed by atoms with van der Waals surface area (Å²) in [6.07, 6.45) is 4.11. The van der Waals surface area contributed by atoms with Crippen LogP contribution in [-0.2, 0) is 25.9 Å². The highest BCUT2D eigenvalue weighted by atomic mass is 16.2. The Bertz CT molecular complexity index is 957. The highest BCUT2D eigenvalue weighted by molar-refractivity contribution is 5.92. The van der Waals surface area contributed by atoms with Gasteiger partial charge in [0.2, 0.25) is 0 Å². The van der Waals surface area contributed by atoms with E-state index in [1.807, 2.05) is 17.0 Å². The summed E-state index contributed by atoms with van der Waals surface area (Å²) < 4.78 is 2.31.